The fourth-order valence-electron chi connectivity index (χ4n) is 3.40. The summed E-state index contributed by atoms with van der Waals surface area (Å²) < 4.78 is 16.4. The minimum absolute atomic E-state index is 0.372. The second kappa shape index (κ2) is 8.96. The molecular formula is C22H25N5O3. The number of nitrogens with one attached hydrogen (secondary N) is 1. The van der Waals surface area contributed by atoms with E-state index in [9.17, 15) is 0 Å². The molecule has 2 heterocycles. The molecule has 0 radical (unpaired) electrons. The van der Waals surface area contributed by atoms with Crippen molar-refractivity contribution in [2.24, 2.45) is 4.99 Å². The summed E-state index contributed by atoms with van der Waals surface area (Å²) in [4.78, 5) is 16.0. The number of aliphatic imine (C=N–C) groups is 1. The number of fused-ring (bicyclic) bond motifs is 1. The first-order valence-corrected chi connectivity index (χ1v) is 9.80. The van der Waals surface area contributed by atoms with Crippen molar-refractivity contribution in [1.82, 2.24) is 9.97 Å². The van der Waals surface area contributed by atoms with E-state index in [1.54, 1.807) is 20.6 Å². The highest BCUT2D eigenvalue weighted by Gasteiger charge is 2.19. The Morgan fingerprint density at radius 3 is 2.57 bits per heavy atom. The molecule has 4 rings (SSSR count). The van der Waals surface area contributed by atoms with Crippen LogP contribution in [0.3, 0.4) is 0 Å². The molecule has 8 nitrogen and oxygen atoms in total. The van der Waals surface area contributed by atoms with Gasteiger partial charge in [0, 0.05) is 30.2 Å². The van der Waals surface area contributed by atoms with Gasteiger partial charge in [-0.3, -0.25) is 0 Å². The van der Waals surface area contributed by atoms with Crippen molar-refractivity contribution < 1.29 is 14.2 Å². The maximum atomic E-state index is 5.50. The molecule has 1 saturated heterocycles. The molecule has 156 valence electrons. The van der Waals surface area contributed by atoms with E-state index in [1.165, 1.54) is 5.56 Å². The Balaban J connectivity index is 1.72. The molecule has 0 unspecified atom stereocenters. The van der Waals surface area contributed by atoms with Crippen LogP contribution in [0.25, 0.3) is 10.9 Å². The molecule has 1 fully saturated rings. The molecule has 2 aromatic carbocycles. The lowest BCUT2D eigenvalue weighted by Crippen LogP contribution is -2.36. The van der Waals surface area contributed by atoms with Gasteiger partial charge in [-0.25, -0.2) is 9.98 Å². The zero-order chi connectivity index (χ0) is 20.9. The van der Waals surface area contributed by atoms with Gasteiger partial charge in [-0.2, -0.15) is 4.98 Å². The monoisotopic (exact) mass is 407 g/mol. The maximum absolute atomic E-state index is 5.50. The molecule has 0 spiro atoms. The molecular weight excluding hydrogens is 382 g/mol. The van der Waals surface area contributed by atoms with Gasteiger partial charge in [-0.15, -0.1) is 0 Å². The zero-order valence-corrected chi connectivity index (χ0v) is 17.4. The quantitative estimate of drug-likeness (QED) is 0.494. The minimum Gasteiger partial charge on any atom is -0.493 e. The minimum atomic E-state index is 0.372. The smallest absolute Gasteiger partial charge is 0.253 e. The van der Waals surface area contributed by atoms with E-state index < -0.39 is 0 Å². The fourth-order valence-corrected chi connectivity index (χ4v) is 3.40. The van der Waals surface area contributed by atoms with Gasteiger partial charge >= 0.3 is 0 Å². The molecule has 0 atom stereocenters. The molecule has 0 amide bonds. The van der Waals surface area contributed by atoms with E-state index in [1.807, 2.05) is 43.3 Å². The average molecular weight is 407 g/mol. The van der Waals surface area contributed by atoms with Gasteiger partial charge in [0.1, 0.15) is 5.82 Å². The Bertz CT molecular complexity index is 1060. The third kappa shape index (κ3) is 4.28. The number of hydrogen-bond donors (Lipinski definition) is 1. The van der Waals surface area contributed by atoms with Crippen molar-refractivity contribution in [3.8, 4) is 11.5 Å². The van der Waals surface area contributed by atoms with Gasteiger partial charge in [0.2, 0.25) is 0 Å². The van der Waals surface area contributed by atoms with E-state index >= 15 is 0 Å². The number of methoxy groups -OCH3 is 2. The number of nitrogens with zero attached hydrogens (tertiary/aromatic N) is 4. The number of benzene rings is 2. The molecule has 30 heavy (non-hydrogen) atoms. The molecule has 0 saturated carbocycles. The first-order chi connectivity index (χ1) is 14.7. The number of ether oxygens (including phenoxy) is 3. The van der Waals surface area contributed by atoms with Crippen LogP contribution in [0.15, 0.2) is 41.4 Å². The number of rotatable bonds is 6. The topological polar surface area (TPSA) is 81.1 Å². The van der Waals surface area contributed by atoms with Gasteiger partial charge in [-0.05, 0) is 30.7 Å². The summed E-state index contributed by atoms with van der Waals surface area (Å²) >= 11 is 0. The van der Waals surface area contributed by atoms with Crippen molar-refractivity contribution in [1.29, 1.82) is 0 Å². The molecule has 1 aliphatic heterocycles. The fraction of sp³-hybridized carbons (Fsp3) is 0.318. The summed E-state index contributed by atoms with van der Waals surface area (Å²) in [6, 6.07) is 11.8. The molecule has 0 bridgehead atoms. The highest BCUT2D eigenvalue weighted by atomic mass is 16.5. The lowest BCUT2D eigenvalue weighted by molar-refractivity contribution is 0.122. The summed E-state index contributed by atoms with van der Waals surface area (Å²) in [6.45, 7) is 4.87. The molecule has 1 aliphatic rings. The van der Waals surface area contributed by atoms with Crippen LogP contribution in [0.2, 0.25) is 0 Å². The first-order valence-electron chi connectivity index (χ1n) is 9.80. The predicted octanol–water partition coefficient (Wildman–Crippen LogP) is 3.56. The van der Waals surface area contributed by atoms with E-state index in [4.69, 9.17) is 19.2 Å². The summed E-state index contributed by atoms with van der Waals surface area (Å²) in [7, 11) is 3.23. The van der Waals surface area contributed by atoms with Crippen LogP contribution in [-0.2, 0) is 4.74 Å². The Kier molecular flexibility index (Phi) is 5.94. The van der Waals surface area contributed by atoms with E-state index in [-0.39, 0.29) is 0 Å². The Labute approximate surface area is 175 Å². The predicted molar refractivity (Wildman–Crippen MR) is 119 cm³/mol. The molecule has 3 aromatic rings. The number of aryl methyl sites for hydroxylation is 1. The van der Waals surface area contributed by atoms with Crippen molar-refractivity contribution in [2.45, 2.75) is 6.92 Å². The number of morpholine rings is 1. The largest absolute Gasteiger partial charge is 0.493 e. The standard InChI is InChI=1S/C22H25N5O3/c1-15-5-4-6-16(11-15)23-14-24-22-25-18-13-20(29-3)19(28-2)12-17(18)21(26-22)27-7-9-30-10-8-27/h4-6,11-14H,7-10H2,1-3H3,(H,23,24,25,26). The van der Waals surface area contributed by atoms with Crippen LogP contribution in [0.1, 0.15) is 5.56 Å². The normalized spacial score (nSPS) is 14.3. The van der Waals surface area contributed by atoms with Crippen LogP contribution < -0.4 is 19.7 Å². The van der Waals surface area contributed by atoms with Crippen LogP contribution in [0, 0.1) is 6.92 Å². The highest BCUT2D eigenvalue weighted by Crippen LogP contribution is 2.36. The Hall–Kier alpha value is -3.39. The lowest BCUT2D eigenvalue weighted by atomic mass is 10.2. The second-order valence-corrected chi connectivity index (χ2v) is 6.94. The van der Waals surface area contributed by atoms with Crippen molar-refractivity contribution >= 4 is 34.7 Å². The summed E-state index contributed by atoms with van der Waals surface area (Å²) in [6.07, 6.45) is 1.61. The van der Waals surface area contributed by atoms with Gasteiger partial charge < -0.3 is 24.4 Å². The van der Waals surface area contributed by atoms with Crippen LogP contribution in [0.5, 0.6) is 11.5 Å². The SMILES string of the molecule is COc1cc2nc(/N=C/Nc3cccc(C)c3)nc(N3CCOCC3)c2cc1OC. The highest BCUT2D eigenvalue weighted by molar-refractivity contribution is 5.93. The molecule has 0 aliphatic carbocycles. The van der Waals surface area contributed by atoms with Crippen molar-refractivity contribution in [2.75, 3.05) is 50.7 Å². The van der Waals surface area contributed by atoms with Gasteiger partial charge in [0.05, 0.1) is 39.3 Å². The zero-order valence-electron chi connectivity index (χ0n) is 17.4. The van der Waals surface area contributed by atoms with E-state index in [2.05, 4.69) is 20.2 Å². The summed E-state index contributed by atoms with van der Waals surface area (Å²) in [5, 5.41) is 4.06. The number of hydrogen-bond acceptors (Lipinski definition) is 7. The van der Waals surface area contributed by atoms with Crippen LogP contribution in [-0.4, -0.2) is 56.8 Å². The molecule has 1 aromatic heterocycles. The number of aromatic nitrogens is 2. The Morgan fingerprint density at radius 1 is 1.07 bits per heavy atom. The third-order valence-electron chi connectivity index (χ3n) is 4.91. The number of anilines is 2. The van der Waals surface area contributed by atoms with E-state index in [0.29, 0.717) is 30.7 Å². The summed E-state index contributed by atoms with van der Waals surface area (Å²) in [5.74, 6) is 2.44. The first kappa shape index (κ1) is 19.9. The average Bonchev–Trinajstić information content (AvgIpc) is 2.78. The lowest BCUT2D eigenvalue weighted by Gasteiger charge is -2.28. The summed E-state index contributed by atoms with van der Waals surface area (Å²) in [5.41, 5.74) is 2.87. The second-order valence-electron chi connectivity index (χ2n) is 6.94. The Morgan fingerprint density at radius 2 is 1.83 bits per heavy atom. The maximum Gasteiger partial charge on any atom is 0.253 e. The third-order valence-corrected chi connectivity index (χ3v) is 4.91. The molecule has 8 heteroatoms. The van der Waals surface area contributed by atoms with Crippen molar-refractivity contribution in [3.05, 3.63) is 42.0 Å². The van der Waals surface area contributed by atoms with E-state index in [0.717, 1.165) is 35.5 Å². The molecule has 1 N–H and O–H groups in total. The van der Waals surface area contributed by atoms with Crippen LogP contribution in [0.4, 0.5) is 17.5 Å². The van der Waals surface area contributed by atoms with Crippen molar-refractivity contribution in [3.63, 3.8) is 0 Å². The van der Waals surface area contributed by atoms with Gasteiger partial charge in [-0.1, -0.05) is 12.1 Å². The van der Waals surface area contributed by atoms with Crippen LogP contribution >= 0.6 is 0 Å². The van der Waals surface area contributed by atoms with Gasteiger partial charge in [0.15, 0.2) is 11.5 Å². The van der Waals surface area contributed by atoms with Gasteiger partial charge in [0.25, 0.3) is 5.95 Å².